The average molecular weight is 440 g/mol. The number of nitrogens with zero attached hydrogens (tertiary/aromatic N) is 2. The van der Waals surface area contributed by atoms with E-state index in [1.807, 2.05) is 18.2 Å². The Kier molecular flexibility index (Phi) is 7.05. The quantitative estimate of drug-likeness (QED) is 0.680. The molecule has 32 heavy (non-hydrogen) atoms. The highest BCUT2D eigenvalue weighted by atomic mass is 16.7. The van der Waals surface area contributed by atoms with Gasteiger partial charge in [-0.2, -0.15) is 0 Å². The summed E-state index contributed by atoms with van der Waals surface area (Å²) >= 11 is 0. The predicted molar refractivity (Wildman–Crippen MR) is 125 cm³/mol. The molecule has 2 aliphatic heterocycles. The van der Waals surface area contributed by atoms with E-state index in [9.17, 15) is 4.79 Å². The number of nitrogens with one attached hydrogen (secondary N) is 1. The number of hydrogen-bond acceptors (Lipinski definition) is 6. The van der Waals surface area contributed by atoms with E-state index in [0.29, 0.717) is 18.9 Å². The largest absolute Gasteiger partial charge is 0.497 e. The molecule has 1 atom stereocenters. The van der Waals surface area contributed by atoms with Crippen LogP contribution in [0.3, 0.4) is 0 Å². The van der Waals surface area contributed by atoms with E-state index in [1.165, 1.54) is 5.69 Å². The van der Waals surface area contributed by atoms with Gasteiger partial charge in [-0.1, -0.05) is 19.9 Å². The summed E-state index contributed by atoms with van der Waals surface area (Å²) in [6, 6.07) is 14.4. The standard InChI is InChI=1S/C25H33N3O4/c1-18(2)14-25(29)26-16-22(19-4-9-23-24(15-19)32-17-31-23)28-12-10-27(11-13-28)20-5-7-21(30-3)8-6-20/h4-9,15,18,22H,10-14,16-17H2,1-3H3,(H,26,29)/t22-/m1/s1. The van der Waals surface area contributed by atoms with Crippen molar-refractivity contribution in [3.05, 3.63) is 48.0 Å². The first kappa shape index (κ1) is 22.3. The molecular formula is C25H33N3O4. The first-order valence-electron chi connectivity index (χ1n) is 11.3. The fourth-order valence-electron chi connectivity index (χ4n) is 4.32. The van der Waals surface area contributed by atoms with Gasteiger partial charge in [0.1, 0.15) is 5.75 Å². The Bertz CT molecular complexity index is 908. The highest BCUT2D eigenvalue weighted by Gasteiger charge is 2.27. The zero-order valence-corrected chi connectivity index (χ0v) is 19.2. The molecule has 7 nitrogen and oxygen atoms in total. The van der Waals surface area contributed by atoms with Crippen LogP contribution in [-0.4, -0.2) is 57.4 Å². The third-order valence-corrected chi connectivity index (χ3v) is 6.06. The zero-order chi connectivity index (χ0) is 22.5. The lowest BCUT2D eigenvalue weighted by Gasteiger charge is -2.40. The first-order chi connectivity index (χ1) is 15.5. The number of anilines is 1. The van der Waals surface area contributed by atoms with Gasteiger partial charge >= 0.3 is 0 Å². The molecule has 0 radical (unpaired) electrons. The summed E-state index contributed by atoms with van der Waals surface area (Å²) in [5.74, 6) is 2.86. The van der Waals surface area contributed by atoms with Crippen molar-refractivity contribution in [1.82, 2.24) is 10.2 Å². The van der Waals surface area contributed by atoms with Crippen LogP contribution in [0.5, 0.6) is 17.2 Å². The van der Waals surface area contributed by atoms with Crippen LogP contribution in [0.4, 0.5) is 5.69 Å². The van der Waals surface area contributed by atoms with Gasteiger partial charge in [0.2, 0.25) is 12.7 Å². The van der Waals surface area contributed by atoms with Gasteiger partial charge in [-0.05, 0) is 47.9 Å². The SMILES string of the molecule is COc1ccc(N2CCN([C@H](CNC(=O)CC(C)C)c3ccc4c(c3)OCO4)CC2)cc1. The molecule has 2 aromatic carbocycles. The van der Waals surface area contributed by atoms with Gasteiger partial charge in [-0.15, -0.1) is 0 Å². The summed E-state index contributed by atoms with van der Waals surface area (Å²) in [7, 11) is 1.68. The number of hydrogen-bond donors (Lipinski definition) is 1. The van der Waals surface area contributed by atoms with Gasteiger partial charge in [-0.3, -0.25) is 9.69 Å². The molecule has 0 spiro atoms. The monoisotopic (exact) mass is 439 g/mol. The van der Waals surface area contributed by atoms with Crippen LogP contribution in [0.1, 0.15) is 31.9 Å². The lowest BCUT2D eigenvalue weighted by molar-refractivity contribution is -0.122. The van der Waals surface area contributed by atoms with Crippen molar-refractivity contribution in [3.8, 4) is 17.2 Å². The van der Waals surface area contributed by atoms with E-state index < -0.39 is 0 Å². The predicted octanol–water partition coefficient (Wildman–Crippen LogP) is 3.45. The van der Waals surface area contributed by atoms with Crippen LogP contribution < -0.4 is 24.4 Å². The highest BCUT2D eigenvalue weighted by Crippen LogP contribution is 2.36. The van der Waals surface area contributed by atoms with Gasteiger partial charge in [0.25, 0.3) is 0 Å². The van der Waals surface area contributed by atoms with Gasteiger partial charge in [-0.25, -0.2) is 0 Å². The fraction of sp³-hybridized carbons (Fsp3) is 0.480. The van der Waals surface area contributed by atoms with E-state index in [2.05, 4.69) is 53.2 Å². The van der Waals surface area contributed by atoms with Crippen molar-refractivity contribution in [2.75, 3.05) is 51.5 Å². The number of fused-ring (bicyclic) bond motifs is 1. The maximum Gasteiger partial charge on any atom is 0.231 e. The van der Waals surface area contributed by atoms with Crippen molar-refractivity contribution in [1.29, 1.82) is 0 Å². The number of amides is 1. The van der Waals surface area contributed by atoms with E-state index in [0.717, 1.165) is 49.0 Å². The Labute approximate surface area is 190 Å². The van der Waals surface area contributed by atoms with Crippen LogP contribution in [0.2, 0.25) is 0 Å². The molecule has 7 heteroatoms. The number of carbonyl (C=O) groups is 1. The normalized spacial score (nSPS) is 16.8. The number of carbonyl (C=O) groups excluding carboxylic acids is 1. The van der Waals surface area contributed by atoms with Crippen molar-refractivity contribution < 1.29 is 19.0 Å². The number of benzene rings is 2. The summed E-state index contributed by atoms with van der Waals surface area (Å²) < 4.78 is 16.4. The summed E-state index contributed by atoms with van der Waals surface area (Å²) in [4.78, 5) is 17.2. The second-order valence-electron chi connectivity index (χ2n) is 8.75. The molecule has 0 unspecified atom stereocenters. The number of piperazine rings is 1. The van der Waals surface area contributed by atoms with Crippen LogP contribution in [0, 0.1) is 5.92 Å². The van der Waals surface area contributed by atoms with Gasteiger partial charge in [0.15, 0.2) is 11.5 Å². The summed E-state index contributed by atoms with van der Waals surface area (Å²) in [6.45, 7) is 8.63. The third kappa shape index (κ3) is 5.27. The minimum Gasteiger partial charge on any atom is -0.497 e. The lowest BCUT2D eigenvalue weighted by Crippen LogP contribution is -2.50. The van der Waals surface area contributed by atoms with E-state index in [-0.39, 0.29) is 18.7 Å². The second kappa shape index (κ2) is 10.1. The van der Waals surface area contributed by atoms with E-state index in [4.69, 9.17) is 14.2 Å². The molecule has 1 fully saturated rings. The van der Waals surface area contributed by atoms with Crippen molar-refractivity contribution in [2.45, 2.75) is 26.3 Å². The molecule has 0 aliphatic carbocycles. The topological polar surface area (TPSA) is 63.3 Å². The van der Waals surface area contributed by atoms with Crippen LogP contribution in [0.25, 0.3) is 0 Å². The molecule has 1 amide bonds. The molecule has 1 N–H and O–H groups in total. The van der Waals surface area contributed by atoms with Crippen LogP contribution in [-0.2, 0) is 4.79 Å². The van der Waals surface area contributed by atoms with Gasteiger partial charge in [0.05, 0.1) is 13.2 Å². The summed E-state index contributed by atoms with van der Waals surface area (Å²) in [5.41, 5.74) is 2.34. The summed E-state index contributed by atoms with van der Waals surface area (Å²) in [5, 5.41) is 3.15. The molecule has 0 saturated carbocycles. The minimum absolute atomic E-state index is 0.0821. The molecule has 2 heterocycles. The third-order valence-electron chi connectivity index (χ3n) is 6.06. The van der Waals surface area contributed by atoms with Crippen molar-refractivity contribution in [3.63, 3.8) is 0 Å². The molecule has 2 aliphatic rings. The lowest BCUT2D eigenvalue weighted by atomic mass is 10.0. The van der Waals surface area contributed by atoms with Crippen LogP contribution >= 0.6 is 0 Å². The Hall–Kier alpha value is -2.93. The van der Waals surface area contributed by atoms with Gasteiger partial charge in [0, 0.05) is 44.8 Å². The molecule has 1 saturated heterocycles. The summed E-state index contributed by atoms with van der Waals surface area (Å²) in [6.07, 6.45) is 0.541. The maximum absolute atomic E-state index is 12.4. The number of rotatable bonds is 8. The van der Waals surface area contributed by atoms with E-state index >= 15 is 0 Å². The number of methoxy groups -OCH3 is 1. The highest BCUT2D eigenvalue weighted by molar-refractivity contribution is 5.76. The Morgan fingerprint density at radius 3 is 2.44 bits per heavy atom. The maximum atomic E-state index is 12.4. The molecule has 0 aromatic heterocycles. The molecule has 2 aromatic rings. The smallest absolute Gasteiger partial charge is 0.231 e. The fourth-order valence-corrected chi connectivity index (χ4v) is 4.32. The van der Waals surface area contributed by atoms with Gasteiger partial charge < -0.3 is 24.4 Å². The Balaban J connectivity index is 1.45. The van der Waals surface area contributed by atoms with E-state index in [1.54, 1.807) is 7.11 Å². The van der Waals surface area contributed by atoms with Crippen molar-refractivity contribution in [2.24, 2.45) is 5.92 Å². The second-order valence-corrected chi connectivity index (χ2v) is 8.75. The molecular weight excluding hydrogens is 406 g/mol. The molecule has 172 valence electrons. The molecule has 0 bridgehead atoms. The minimum atomic E-state index is 0.0821. The Morgan fingerprint density at radius 2 is 1.75 bits per heavy atom. The van der Waals surface area contributed by atoms with Crippen molar-refractivity contribution >= 4 is 11.6 Å². The average Bonchev–Trinajstić information content (AvgIpc) is 3.27. The Morgan fingerprint density at radius 1 is 1.03 bits per heavy atom. The number of ether oxygens (including phenoxy) is 3. The zero-order valence-electron chi connectivity index (χ0n) is 19.2. The first-order valence-corrected chi connectivity index (χ1v) is 11.3. The molecule has 4 rings (SSSR count). The van der Waals surface area contributed by atoms with Crippen LogP contribution in [0.15, 0.2) is 42.5 Å².